The quantitative estimate of drug-likeness (QED) is 0.0918. The minimum absolute atomic E-state index is 0. The number of hydrogen-bond acceptors (Lipinski definition) is 11. The van der Waals surface area contributed by atoms with Gasteiger partial charge < -0.3 is 28.8 Å². The first-order valence-corrected chi connectivity index (χ1v) is 20.6. The van der Waals surface area contributed by atoms with Crippen molar-refractivity contribution in [1.82, 2.24) is 28.7 Å². The molecule has 1 N–H and O–H groups in total. The molecule has 2 radical (unpaired) electrons. The summed E-state index contributed by atoms with van der Waals surface area (Å²) in [6, 6.07) is 30.8. The topological polar surface area (TPSA) is 161 Å². The Morgan fingerprint density at radius 1 is 0.585 bits per heavy atom. The molecule has 0 unspecified atom stereocenters. The fraction of sp³-hybridized carbons (Fsp3) is 0.224. The number of carbonyl (C=O) groups excluding carboxylic acids is 1. The van der Waals surface area contributed by atoms with E-state index in [0.29, 0.717) is 73.3 Å². The van der Waals surface area contributed by atoms with E-state index in [0.717, 1.165) is 39.7 Å². The molecule has 16 heteroatoms. The number of aromatic nitrogens is 6. The van der Waals surface area contributed by atoms with Gasteiger partial charge in [0, 0.05) is 85.9 Å². The number of ether oxygens (including phenoxy) is 5. The molecule has 0 spiro atoms. The molecule has 0 aliphatic heterocycles. The molecular formula is C49H48N6O8V2. The van der Waals surface area contributed by atoms with Crippen molar-refractivity contribution in [3.05, 3.63) is 156 Å². The minimum atomic E-state index is -1.08. The van der Waals surface area contributed by atoms with Gasteiger partial charge in [0.2, 0.25) is 0 Å². The van der Waals surface area contributed by atoms with Crippen LogP contribution in [0.3, 0.4) is 0 Å². The maximum Gasteiger partial charge on any atom is 0.358 e. The van der Waals surface area contributed by atoms with Gasteiger partial charge in [-0.25, -0.2) is 19.6 Å². The third-order valence-electron chi connectivity index (χ3n) is 9.96. The van der Waals surface area contributed by atoms with Crippen molar-refractivity contribution >= 4 is 23.2 Å². The first-order chi connectivity index (χ1) is 30.7. The third kappa shape index (κ3) is 12.0. The van der Waals surface area contributed by atoms with Crippen molar-refractivity contribution in [1.29, 1.82) is 0 Å². The van der Waals surface area contributed by atoms with Gasteiger partial charge in [-0.15, -0.1) is 0 Å². The number of methoxy groups -OCH3 is 1. The summed E-state index contributed by atoms with van der Waals surface area (Å²) in [6.07, 6.45) is 7.73. The monoisotopic (exact) mass is 950 g/mol. The molecule has 332 valence electrons. The molecule has 65 heavy (non-hydrogen) atoms. The van der Waals surface area contributed by atoms with E-state index in [4.69, 9.17) is 23.7 Å². The summed E-state index contributed by atoms with van der Waals surface area (Å²) in [7, 11) is 1.35. The molecule has 8 aromatic rings. The normalized spacial score (nSPS) is 10.5. The second-order valence-electron chi connectivity index (χ2n) is 14.3. The molecule has 4 aromatic heterocycles. The van der Waals surface area contributed by atoms with Gasteiger partial charge in [-0.1, -0.05) is 59.7 Å². The van der Waals surface area contributed by atoms with Gasteiger partial charge in [-0.3, -0.25) is 18.8 Å². The van der Waals surface area contributed by atoms with Crippen molar-refractivity contribution in [2.75, 3.05) is 33.5 Å². The number of carboxylic acid groups (broad SMARTS) is 1. The van der Waals surface area contributed by atoms with Gasteiger partial charge in [0.25, 0.3) is 0 Å². The summed E-state index contributed by atoms with van der Waals surface area (Å²) in [5.74, 6) is 1.42. The van der Waals surface area contributed by atoms with E-state index in [-0.39, 0.29) is 48.5 Å². The van der Waals surface area contributed by atoms with Crippen LogP contribution in [0.5, 0.6) is 23.0 Å². The molecule has 0 bridgehead atoms. The largest absolute Gasteiger partial charge is 0.494 e. The number of rotatable bonds is 16. The maximum atomic E-state index is 12.5. The zero-order valence-electron chi connectivity index (χ0n) is 36.7. The number of carboxylic acids is 1. The standard InChI is InChI=1S/C25H25N3O4.C24H23N3O4.2V/c1-4-31-20-7-5-6-18(16-20)22-24-27-23(25(29)30-3)21(28(24)14-13-26-22)12-15-32-19-10-8-17(2)9-11-19;1-3-30-19-6-4-5-17(15-19)21-23-26-22(24(28)29)20(27(23)13-12-25-21)11-14-31-18-9-7-16(2)8-10-18;;/h5-11,13-14,16H,4,12,15H2,1-3H3;4-10,12-13,15H,3,11,14H2,1-2H3,(H,28,29);;. The van der Waals surface area contributed by atoms with Crippen LogP contribution in [0.25, 0.3) is 33.8 Å². The number of imidazole rings is 2. The van der Waals surface area contributed by atoms with Crippen LogP contribution in [0.4, 0.5) is 0 Å². The van der Waals surface area contributed by atoms with Crippen molar-refractivity contribution < 1.29 is 75.5 Å². The van der Waals surface area contributed by atoms with Gasteiger partial charge in [-0.2, -0.15) is 0 Å². The summed E-state index contributed by atoms with van der Waals surface area (Å²) in [4.78, 5) is 42.4. The van der Waals surface area contributed by atoms with Gasteiger partial charge in [0.05, 0.1) is 44.9 Å². The average molecular weight is 951 g/mol. The van der Waals surface area contributed by atoms with Crippen LogP contribution >= 0.6 is 0 Å². The Hall–Kier alpha value is -6.57. The van der Waals surface area contributed by atoms with Gasteiger partial charge >= 0.3 is 11.9 Å². The van der Waals surface area contributed by atoms with Crippen LogP contribution in [-0.2, 0) is 54.7 Å². The molecule has 8 rings (SSSR count). The number of esters is 1. The molecule has 0 saturated carbocycles. The van der Waals surface area contributed by atoms with Gasteiger partial charge in [0.15, 0.2) is 22.7 Å². The summed E-state index contributed by atoms with van der Waals surface area (Å²) in [5.41, 5.74) is 7.83. The molecule has 0 amide bonds. The Bertz CT molecular complexity index is 2850. The predicted molar refractivity (Wildman–Crippen MR) is 238 cm³/mol. The molecule has 4 heterocycles. The fourth-order valence-corrected chi connectivity index (χ4v) is 6.97. The fourth-order valence-electron chi connectivity index (χ4n) is 6.97. The minimum Gasteiger partial charge on any atom is -0.494 e. The zero-order chi connectivity index (χ0) is 44.3. The van der Waals surface area contributed by atoms with Gasteiger partial charge in [-0.05, 0) is 76.2 Å². The second kappa shape index (κ2) is 23.4. The van der Waals surface area contributed by atoms with Crippen LogP contribution in [0.15, 0.2) is 122 Å². The van der Waals surface area contributed by atoms with Crippen molar-refractivity contribution in [3.63, 3.8) is 0 Å². The number of aryl methyl sites for hydroxylation is 2. The predicted octanol–water partition coefficient (Wildman–Crippen LogP) is 8.93. The Balaban J connectivity index is 0.000000237. The SMILES string of the molecule is CCOc1cccc(-c2nccn3c(CCOc4ccc(C)cc4)c(C(=O)O)nc23)c1.CCOc1cccc(-c2nccn3c(CCOc4ccc(C)cc4)c(C(=O)OC)nc23)c1.[V].[V]. The smallest absolute Gasteiger partial charge is 0.358 e. The van der Waals surface area contributed by atoms with E-state index < -0.39 is 11.9 Å². The van der Waals surface area contributed by atoms with E-state index >= 15 is 0 Å². The summed E-state index contributed by atoms with van der Waals surface area (Å²) < 4.78 is 31.5. The maximum absolute atomic E-state index is 12.5. The Kier molecular flexibility index (Phi) is 17.8. The van der Waals surface area contributed by atoms with E-state index in [1.807, 2.05) is 129 Å². The van der Waals surface area contributed by atoms with Crippen molar-refractivity contribution in [2.45, 2.75) is 40.5 Å². The van der Waals surface area contributed by atoms with Crippen LogP contribution in [0.2, 0.25) is 0 Å². The third-order valence-corrected chi connectivity index (χ3v) is 9.96. The van der Waals surface area contributed by atoms with Crippen LogP contribution < -0.4 is 18.9 Å². The first-order valence-electron chi connectivity index (χ1n) is 20.6. The zero-order valence-corrected chi connectivity index (χ0v) is 39.5. The molecular weight excluding hydrogens is 902 g/mol. The summed E-state index contributed by atoms with van der Waals surface area (Å²) in [5, 5.41) is 9.73. The van der Waals surface area contributed by atoms with Crippen molar-refractivity contribution in [2.24, 2.45) is 0 Å². The van der Waals surface area contributed by atoms with Crippen LogP contribution in [0, 0.1) is 13.8 Å². The van der Waals surface area contributed by atoms with Crippen LogP contribution in [-0.4, -0.2) is 79.3 Å². The first kappa shape index (κ1) is 49.4. The number of benzene rings is 4. The Morgan fingerprint density at radius 3 is 1.43 bits per heavy atom. The Morgan fingerprint density at radius 2 is 1.02 bits per heavy atom. The number of hydrogen-bond donors (Lipinski definition) is 1. The van der Waals surface area contributed by atoms with Crippen LogP contribution in [0.1, 0.15) is 57.3 Å². The van der Waals surface area contributed by atoms with E-state index in [1.165, 1.54) is 12.7 Å². The molecule has 0 aliphatic carbocycles. The molecule has 0 atom stereocenters. The van der Waals surface area contributed by atoms with E-state index in [9.17, 15) is 14.7 Å². The summed E-state index contributed by atoms with van der Waals surface area (Å²) in [6.45, 7) is 9.74. The number of aromatic carboxylic acids is 1. The summed E-state index contributed by atoms with van der Waals surface area (Å²) >= 11 is 0. The Labute approximate surface area is 400 Å². The van der Waals surface area contributed by atoms with Crippen molar-refractivity contribution in [3.8, 4) is 45.5 Å². The van der Waals surface area contributed by atoms with E-state index in [1.54, 1.807) is 29.2 Å². The molecule has 0 saturated heterocycles. The molecule has 0 fully saturated rings. The van der Waals surface area contributed by atoms with Gasteiger partial charge in [0.1, 0.15) is 34.4 Å². The molecule has 0 aliphatic rings. The molecule has 14 nitrogen and oxygen atoms in total. The average Bonchev–Trinajstić information content (AvgIpc) is 3.87. The second-order valence-corrected chi connectivity index (χ2v) is 14.3. The number of fused-ring (bicyclic) bond motifs is 2. The number of carbonyl (C=O) groups is 2. The molecule has 4 aromatic carbocycles. The number of nitrogens with zero attached hydrogens (tertiary/aromatic N) is 6. The van der Waals surface area contributed by atoms with E-state index in [2.05, 4.69) is 19.9 Å².